The molecule has 1 aliphatic heterocycles. The summed E-state index contributed by atoms with van der Waals surface area (Å²) in [7, 11) is 0. The predicted molar refractivity (Wildman–Crippen MR) is 77.7 cm³/mol. The lowest BCUT2D eigenvalue weighted by Crippen LogP contribution is -2.38. The molecule has 1 fully saturated rings. The van der Waals surface area contributed by atoms with E-state index in [0.29, 0.717) is 31.5 Å². The third kappa shape index (κ3) is 2.63. The SMILES string of the molecule is O=C1CCN(C(=O)c2ccc(-c3nccs3)cc2)CC1. The molecule has 2 heterocycles. The van der Waals surface area contributed by atoms with Gasteiger partial charge in [0.15, 0.2) is 0 Å². The molecule has 1 saturated heterocycles. The van der Waals surface area contributed by atoms with Gasteiger partial charge >= 0.3 is 0 Å². The Bertz CT molecular complexity index is 610. The zero-order chi connectivity index (χ0) is 13.9. The normalized spacial score (nSPS) is 15.4. The minimum Gasteiger partial charge on any atom is -0.338 e. The van der Waals surface area contributed by atoms with Crippen LogP contribution in [0.15, 0.2) is 35.8 Å². The minimum absolute atomic E-state index is 0.00295. The molecule has 2 aromatic rings. The van der Waals surface area contributed by atoms with Gasteiger partial charge in [0.2, 0.25) is 0 Å². The quantitative estimate of drug-likeness (QED) is 0.852. The van der Waals surface area contributed by atoms with Crippen molar-refractivity contribution in [1.82, 2.24) is 9.88 Å². The summed E-state index contributed by atoms with van der Waals surface area (Å²) in [6.45, 7) is 1.07. The van der Waals surface area contributed by atoms with E-state index in [2.05, 4.69) is 4.98 Å². The van der Waals surface area contributed by atoms with Crippen LogP contribution < -0.4 is 0 Å². The Morgan fingerprint density at radius 3 is 2.45 bits per heavy atom. The monoisotopic (exact) mass is 286 g/mol. The number of carbonyl (C=O) groups excluding carboxylic acids is 2. The highest BCUT2D eigenvalue weighted by atomic mass is 32.1. The maximum absolute atomic E-state index is 12.3. The Kier molecular flexibility index (Phi) is 3.60. The van der Waals surface area contributed by atoms with E-state index in [4.69, 9.17) is 0 Å². The summed E-state index contributed by atoms with van der Waals surface area (Å²) in [6.07, 6.45) is 2.72. The second kappa shape index (κ2) is 5.54. The molecule has 1 aromatic carbocycles. The first-order valence-corrected chi connectivity index (χ1v) is 7.43. The summed E-state index contributed by atoms with van der Waals surface area (Å²) in [6, 6.07) is 7.49. The molecule has 1 aromatic heterocycles. The van der Waals surface area contributed by atoms with Crippen LogP contribution in [0.2, 0.25) is 0 Å². The van der Waals surface area contributed by atoms with Crippen LogP contribution in [-0.4, -0.2) is 34.7 Å². The van der Waals surface area contributed by atoms with Gasteiger partial charge in [-0.15, -0.1) is 11.3 Å². The summed E-state index contributed by atoms with van der Waals surface area (Å²) < 4.78 is 0. The minimum atomic E-state index is 0.00295. The van der Waals surface area contributed by atoms with E-state index in [1.165, 1.54) is 0 Å². The van der Waals surface area contributed by atoms with Crippen LogP contribution in [0.5, 0.6) is 0 Å². The van der Waals surface area contributed by atoms with Crippen molar-refractivity contribution < 1.29 is 9.59 Å². The number of hydrogen-bond donors (Lipinski definition) is 0. The van der Waals surface area contributed by atoms with Gasteiger partial charge in [0.1, 0.15) is 10.8 Å². The van der Waals surface area contributed by atoms with Crippen LogP contribution in [0, 0.1) is 0 Å². The number of hydrogen-bond acceptors (Lipinski definition) is 4. The number of nitrogens with zero attached hydrogens (tertiary/aromatic N) is 2. The van der Waals surface area contributed by atoms with E-state index < -0.39 is 0 Å². The van der Waals surface area contributed by atoms with Crippen molar-refractivity contribution in [1.29, 1.82) is 0 Å². The molecule has 0 unspecified atom stereocenters. The van der Waals surface area contributed by atoms with Gasteiger partial charge in [-0.3, -0.25) is 9.59 Å². The summed E-state index contributed by atoms with van der Waals surface area (Å²) >= 11 is 1.57. The highest BCUT2D eigenvalue weighted by Gasteiger charge is 2.21. The lowest BCUT2D eigenvalue weighted by molar-refractivity contribution is -0.120. The third-order valence-corrected chi connectivity index (χ3v) is 4.24. The van der Waals surface area contributed by atoms with Gasteiger partial charge in [-0.05, 0) is 12.1 Å². The Morgan fingerprint density at radius 2 is 1.85 bits per heavy atom. The summed E-state index contributed by atoms with van der Waals surface area (Å²) in [5, 5.41) is 2.88. The average Bonchev–Trinajstić information content (AvgIpc) is 3.02. The van der Waals surface area contributed by atoms with E-state index >= 15 is 0 Å². The Hall–Kier alpha value is -2.01. The average molecular weight is 286 g/mol. The molecule has 5 heteroatoms. The molecular weight excluding hydrogens is 272 g/mol. The number of likely N-dealkylation sites (tertiary alicyclic amines) is 1. The van der Waals surface area contributed by atoms with Crippen LogP contribution in [0.4, 0.5) is 0 Å². The molecule has 102 valence electrons. The van der Waals surface area contributed by atoms with Crippen LogP contribution in [-0.2, 0) is 4.79 Å². The van der Waals surface area contributed by atoms with Gasteiger partial charge in [-0.1, -0.05) is 12.1 Å². The molecule has 0 atom stereocenters. The van der Waals surface area contributed by atoms with Gasteiger partial charge in [0.25, 0.3) is 5.91 Å². The highest BCUT2D eigenvalue weighted by Crippen LogP contribution is 2.22. The first kappa shape index (κ1) is 13.0. The Balaban J connectivity index is 1.74. The largest absolute Gasteiger partial charge is 0.338 e. The van der Waals surface area contributed by atoms with Crippen molar-refractivity contribution in [3.8, 4) is 10.6 Å². The second-order valence-corrected chi connectivity index (χ2v) is 5.64. The Morgan fingerprint density at radius 1 is 1.15 bits per heavy atom. The molecule has 3 rings (SSSR count). The van der Waals surface area contributed by atoms with E-state index in [0.717, 1.165) is 10.6 Å². The van der Waals surface area contributed by atoms with E-state index in [1.807, 2.05) is 29.6 Å². The molecule has 0 saturated carbocycles. The lowest BCUT2D eigenvalue weighted by atomic mass is 10.1. The van der Waals surface area contributed by atoms with Gasteiger partial charge < -0.3 is 4.90 Å². The smallest absolute Gasteiger partial charge is 0.253 e. The molecular formula is C15H14N2O2S. The topological polar surface area (TPSA) is 50.3 Å². The number of piperidine rings is 1. The van der Waals surface area contributed by atoms with Gasteiger partial charge in [0.05, 0.1) is 0 Å². The summed E-state index contributed by atoms with van der Waals surface area (Å²) in [5.74, 6) is 0.247. The third-order valence-electron chi connectivity index (χ3n) is 3.42. The molecule has 1 aliphatic rings. The zero-order valence-electron chi connectivity index (χ0n) is 10.9. The predicted octanol–water partition coefficient (Wildman–Crippen LogP) is 2.62. The second-order valence-electron chi connectivity index (χ2n) is 4.75. The van der Waals surface area contributed by atoms with Crippen LogP contribution in [0.25, 0.3) is 10.6 Å². The number of benzene rings is 1. The maximum atomic E-state index is 12.3. The number of carbonyl (C=O) groups is 2. The Labute approximate surface area is 121 Å². The number of rotatable bonds is 2. The van der Waals surface area contributed by atoms with Crippen molar-refractivity contribution in [2.45, 2.75) is 12.8 Å². The summed E-state index contributed by atoms with van der Waals surface area (Å²) in [5.41, 5.74) is 1.69. The summed E-state index contributed by atoms with van der Waals surface area (Å²) in [4.78, 5) is 29.5. The van der Waals surface area contributed by atoms with E-state index in [-0.39, 0.29) is 11.7 Å². The molecule has 20 heavy (non-hydrogen) atoms. The fourth-order valence-electron chi connectivity index (χ4n) is 2.26. The number of ketones is 1. The number of Topliss-reactive ketones (excluding diaryl/α,β-unsaturated/α-hetero) is 1. The number of aromatic nitrogens is 1. The van der Waals surface area contributed by atoms with Crippen molar-refractivity contribution in [3.63, 3.8) is 0 Å². The van der Waals surface area contributed by atoms with E-state index in [9.17, 15) is 9.59 Å². The zero-order valence-corrected chi connectivity index (χ0v) is 11.7. The molecule has 1 amide bonds. The molecule has 0 radical (unpaired) electrons. The maximum Gasteiger partial charge on any atom is 0.253 e. The first-order valence-electron chi connectivity index (χ1n) is 6.55. The van der Waals surface area contributed by atoms with Gasteiger partial charge in [-0.2, -0.15) is 0 Å². The van der Waals surface area contributed by atoms with Crippen molar-refractivity contribution >= 4 is 23.0 Å². The van der Waals surface area contributed by atoms with Crippen LogP contribution in [0.1, 0.15) is 23.2 Å². The standard InChI is InChI=1S/C15H14N2O2S/c18-13-5-8-17(9-6-13)15(19)12-3-1-11(2-4-12)14-16-7-10-20-14/h1-4,7,10H,5-6,8-9H2. The van der Waals surface area contributed by atoms with Crippen molar-refractivity contribution in [3.05, 3.63) is 41.4 Å². The van der Waals surface area contributed by atoms with Gasteiger partial charge in [0, 0.05) is 48.6 Å². The molecule has 0 bridgehead atoms. The van der Waals surface area contributed by atoms with Crippen LogP contribution >= 0.6 is 11.3 Å². The fraction of sp³-hybridized carbons (Fsp3) is 0.267. The van der Waals surface area contributed by atoms with E-state index in [1.54, 1.807) is 22.4 Å². The molecule has 0 spiro atoms. The molecule has 0 N–H and O–H groups in total. The fourth-order valence-corrected chi connectivity index (χ4v) is 2.91. The number of thiazole rings is 1. The lowest BCUT2D eigenvalue weighted by Gasteiger charge is -2.26. The van der Waals surface area contributed by atoms with Crippen molar-refractivity contribution in [2.24, 2.45) is 0 Å². The molecule has 4 nitrogen and oxygen atoms in total. The first-order chi connectivity index (χ1) is 9.74. The molecule has 0 aliphatic carbocycles. The van der Waals surface area contributed by atoms with Crippen molar-refractivity contribution in [2.75, 3.05) is 13.1 Å². The van der Waals surface area contributed by atoms with Gasteiger partial charge in [-0.25, -0.2) is 4.98 Å². The number of amides is 1. The van der Waals surface area contributed by atoms with Crippen LogP contribution in [0.3, 0.4) is 0 Å². The highest BCUT2D eigenvalue weighted by molar-refractivity contribution is 7.13.